The number of benzene rings is 1. The minimum absolute atomic E-state index is 0.0491. The molecule has 1 rings (SSSR count). The molecule has 1 aromatic carbocycles. The zero-order valence-corrected chi connectivity index (χ0v) is 13.9. The second-order valence-corrected chi connectivity index (χ2v) is 6.06. The Morgan fingerprint density at radius 2 is 1.90 bits per heavy atom. The highest BCUT2D eigenvalue weighted by Gasteiger charge is 2.26. The lowest BCUT2D eigenvalue weighted by molar-refractivity contribution is -0.136. The SMILES string of the molecule is CC(=O)N[C@H](C(=O)N(C)Cc1ccccc1Br)C(C)C. The average molecular weight is 341 g/mol. The molecule has 1 N–H and O–H groups in total. The largest absolute Gasteiger partial charge is 0.344 e. The van der Waals surface area contributed by atoms with Gasteiger partial charge >= 0.3 is 0 Å². The van der Waals surface area contributed by atoms with E-state index in [-0.39, 0.29) is 17.7 Å². The minimum atomic E-state index is -0.486. The molecule has 0 spiro atoms. The first-order chi connectivity index (χ1) is 9.32. The molecule has 4 nitrogen and oxygen atoms in total. The highest BCUT2D eigenvalue weighted by molar-refractivity contribution is 9.10. The predicted octanol–water partition coefficient (Wildman–Crippen LogP) is 2.57. The zero-order valence-electron chi connectivity index (χ0n) is 12.3. The van der Waals surface area contributed by atoms with E-state index < -0.39 is 6.04 Å². The number of carbonyl (C=O) groups excluding carboxylic acids is 2. The van der Waals surface area contributed by atoms with Crippen molar-refractivity contribution < 1.29 is 9.59 Å². The van der Waals surface area contributed by atoms with E-state index in [1.54, 1.807) is 11.9 Å². The topological polar surface area (TPSA) is 49.4 Å². The lowest BCUT2D eigenvalue weighted by Crippen LogP contribution is -2.49. The van der Waals surface area contributed by atoms with Crippen LogP contribution in [0.2, 0.25) is 0 Å². The maximum absolute atomic E-state index is 12.4. The Labute approximate surface area is 128 Å². The van der Waals surface area contributed by atoms with Crippen LogP contribution in [0, 0.1) is 5.92 Å². The summed E-state index contributed by atoms with van der Waals surface area (Å²) in [7, 11) is 1.75. The number of hydrogen-bond acceptors (Lipinski definition) is 2. The molecule has 0 bridgehead atoms. The molecular weight excluding hydrogens is 320 g/mol. The number of amides is 2. The van der Waals surface area contributed by atoms with E-state index in [1.807, 2.05) is 38.1 Å². The predicted molar refractivity (Wildman–Crippen MR) is 83.1 cm³/mol. The molecule has 0 aliphatic heterocycles. The molecule has 0 aliphatic carbocycles. The van der Waals surface area contributed by atoms with Crippen molar-refractivity contribution >= 4 is 27.7 Å². The quantitative estimate of drug-likeness (QED) is 0.895. The van der Waals surface area contributed by atoms with Gasteiger partial charge in [-0.1, -0.05) is 48.0 Å². The van der Waals surface area contributed by atoms with Gasteiger partial charge in [-0.15, -0.1) is 0 Å². The fourth-order valence-corrected chi connectivity index (χ4v) is 2.34. The first-order valence-electron chi connectivity index (χ1n) is 6.58. The zero-order chi connectivity index (χ0) is 15.3. The van der Waals surface area contributed by atoms with Gasteiger partial charge in [-0.3, -0.25) is 9.59 Å². The van der Waals surface area contributed by atoms with Crippen LogP contribution in [0.15, 0.2) is 28.7 Å². The molecule has 1 atom stereocenters. The lowest BCUT2D eigenvalue weighted by atomic mass is 10.0. The molecule has 0 radical (unpaired) electrons. The molecule has 2 amide bonds. The van der Waals surface area contributed by atoms with Crippen molar-refractivity contribution in [2.24, 2.45) is 5.92 Å². The van der Waals surface area contributed by atoms with Crippen LogP contribution in [0.5, 0.6) is 0 Å². The fourth-order valence-electron chi connectivity index (χ4n) is 1.93. The molecular formula is C15H21BrN2O2. The van der Waals surface area contributed by atoms with Crippen LogP contribution in [0.25, 0.3) is 0 Å². The third-order valence-corrected chi connectivity index (χ3v) is 3.81. The fraction of sp³-hybridized carbons (Fsp3) is 0.467. The Morgan fingerprint density at radius 3 is 2.40 bits per heavy atom. The monoisotopic (exact) mass is 340 g/mol. The van der Waals surface area contributed by atoms with E-state index in [4.69, 9.17) is 0 Å². The van der Waals surface area contributed by atoms with E-state index in [0.29, 0.717) is 6.54 Å². The van der Waals surface area contributed by atoms with E-state index in [1.165, 1.54) is 6.92 Å². The van der Waals surface area contributed by atoms with E-state index >= 15 is 0 Å². The summed E-state index contributed by atoms with van der Waals surface area (Å²) < 4.78 is 0.972. The second kappa shape index (κ2) is 7.43. The third kappa shape index (κ3) is 4.63. The van der Waals surface area contributed by atoms with Gasteiger partial charge in [0, 0.05) is 25.0 Å². The van der Waals surface area contributed by atoms with Crippen LogP contribution in [0.4, 0.5) is 0 Å². The maximum Gasteiger partial charge on any atom is 0.245 e. The van der Waals surface area contributed by atoms with Gasteiger partial charge < -0.3 is 10.2 Å². The van der Waals surface area contributed by atoms with Crippen molar-refractivity contribution in [3.8, 4) is 0 Å². The van der Waals surface area contributed by atoms with Crippen LogP contribution in [-0.2, 0) is 16.1 Å². The van der Waals surface area contributed by atoms with Crippen molar-refractivity contribution in [3.63, 3.8) is 0 Å². The second-order valence-electron chi connectivity index (χ2n) is 5.21. The number of nitrogens with zero attached hydrogens (tertiary/aromatic N) is 1. The summed E-state index contributed by atoms with van der Waals surface area (Å²) in [6.07, 6.45) is 0. The number of hydrogen-bond donors (Lipinski definition) is 1. The standard InChI is InChI=1S/C15H21BrN2O2/c1-10(2)14(17-11(3)19)15(20)18(4)9-12-7-5-6-8-13(12)16/h5-8,10,14H,9H2,1-4H3,(H,17,19)/t14-/m0/s1. The molecule has 110 valence electrons. The smallest absolute Gasteiger partial charge is 0.245 e. The number of carbonyl (C=O) groups is 2. The number of nitrogens with one attached hydrogen (secondary N) is 1. The molecule has 20 heavy (non-hydrogen) atoms. The summed E-state index contributed by atoms with van der Waals surface area (Å²) in [6.45, 7) is 5.77. The summed E-state index contributed by atoms with van der Waals surface area (Å²) in [5.41, 5.74) is 1.04. The highest BCUT2D eigenvalue weighted by Crippen LogP contribution is 2.18. The Morgan fingerprint density at radius 1 is 1.30 bits per heavy atom. The molecule has 1 aromatic rings. The van der Waals surface area contributed by atoms with Crippen LogP contribution < -0.4 is 5.32 Å². The normalized spacial score (nSPS) is 12.1. The van der Waals surface area contributed by atoms with Crippen molar-refractivity contribution in [3.05, 3.63) is 34.3 Å². The molecule has 0 saturated heterocycles. The third-order valence-electron chi connectivity index (χ3n) is 3.03. The van der Waals surface area contributed by atoms with Gasteiger partial charge in [-0.25, -0.2) is 0 Å². The summed E-state index contributed by atoms with van der Waals surface area (Å²) >= 11 is 3.47. The van der Waals surface area contributed by atoms with Crippen molar-refractivity contribution in [2.45, 2.75) is 33.4 Å². The van der Waals surface area contributed by atoms with Crippen LogP contribution in [0.1, 0.15) is 26.3 Å². The van der Waals surface area contributed by atoms with E-state index in [9.17, 15) is 9.59 Å². The summed E-state index contributed by atoms with van der Waals surface area (Å²) in [4.78, 5) is 25.3. The van der Waals surface area contributed by atoms with Gasteiger partial charge in [0.25, 0.3) is 0 Å². The first-order valence-corrected chi connectivity index (χ1v) is 7.37. The number of likely N-dealkylation sites (N-methyl/N-ethyl adjacent to an activating group) is 1. The van der Waals surface area contributed by atoms with Gasteiger partial charge in [0.1, 0.15) is 6.04 Å². The van der Waals surface area contributed by atoms with Crippen LogP contribution in [-0.4, -0.2) is 29.8 Å². The Bertz CT molecular complexity index is 489. The molecule has 0 aliphatic rings. The Kier molecular flexibility index (Phi) is 6.20. The minimum Gasteiger partial charge on any atom is -0.344 e. The van der Waals surface area contributed by atoms with Gasteiger partial charge in [0.05, 0.1) is 0 Å². The number of halogens is 1. The van der Waals surface area contributed by atoms with Gasteiger partial charge in [-0.2, -0.15) is 0 Å². The highest BCUT2D eigenvalue weighted by atomic mass is 79.9. The Balaban J connectivity index is 2.79. The summed E-state index contributed by atoms with van der Waals surface area (Å²) in [5.74, 6) is -0.217. The van der Waals surface area contributed by atoms with Crippen LogP contribution >= 0.6 is 15.9 Å². The molecule has 5 heteroatoms. The van der Waals surface area contributed by atoms with Gasteiger partial charge in [0.2, 0.25) is 11.8 Å². The van der Waals surface area contributed by atoms with Crippen molar-refractivity contribution in [1.82, 2.24) is 10.2 Å². The molecule has 0 heterocycles. The van der Waals surface area contributed by atoms with E-state index in [0.717, 1.165) is 10.0 Å². The van der Waals surface area contributed by atoms with Crippen LogP contribution in [0.3, 0.4) is 0 Å². The van der Waals surface area contributed by atoms with E-state index in [2.05, 4.69) is 21.2 Å². The Hall–Kier alpha value is -1.36. The summed E-state index contributed by atoms with van der Waals surface area (Å²) in [6, 6.07) is 7.30. The average Bonchev–Trinajstić information content (AvgIpc) is 2.37. The first kappa shape index (κ1) is 16.7. The van der Waals surface area contributed by atoms with Gasteiger partial charge in [-0.05, 0) is 17.5 Å². The molecule has 0 aromatic heterocycles. The maximum atomic E-state index is 12.4. The number of rotatable bonds is 5. The molecule has 0 unspecified atom stereocenters. The van der Waals surface area contributed by atoms with Crippen molar-refractivity contribution in [1.29, 1.82) is 0 Å². The summed E-state index contributed by atoms with van der Waals surface area (Å²) in [5, 5.41) is 2.72. The molecule has 0 saturated carbocycles. The van der Waals surface area contributed by atoms with Crippen molar-refractivity contribution in [2.75, 3.05) is 7.05 Å². The lowest BCUT2D eigenvalue weighted by Gasteiger charge is -2.27. The van der Waals surface area contributed by atoms with Gasteiger partial charge in [0.15, 0.2) is 0 Å². The molecule has 0 fully saturated rings.